The molecule has 1 heterocycles. The Morgan fingerprint density at radius 2 is 1.79 bits per heavy atom. The van der Waals surface area contributed by atoms with Crippen LogP contribution in [0.15, 0.2) is 30.3 Å². The Hall–Kier alpha value is -0.360. The quantitative estimate of drug-likeness (QED) is 0.642. The second-order valence-corrected chi connectivity index (χ2v) is 9.36. The van der Waals surface area contributed by atoms with Gasteiger partial charge in [-0.05, 0) is 43.8 Å². The second-order valence-electron chi connectivity index (χ2n) is 5.77. The molecule has 0 radical (unpaired) electrons. The van der Waals surface area contributed by atoms with Gasteiger partial charge in [0.1, 0.15) is 5.28 Å². The van der Waals surface area contributed by atoms with Crippen LogP contribution in [0.25, 0.3) is 0 Å². The van der Waals surface area contributed by atoms with Crippen LogP contribution in [0.5, 0.6) is 0 Å². The number of thioether (sulfide) groups is 1. The van der Waals surface area contributed by atoms with Crippen molar-refractivity contribution in [1.29, 1.82) is 0 Å². The topological polar surface area (TPSA) is 67.8 Å². The van der Waals surface area contributed by atoms with Crippen molar-refractivity contribution < 1.29 is 18.7 Å². The lowest BCUT2D eigenvalue weighted by Gasteiger charge is -2.44. The Bertz CT molecular complexity index is 527. The highest BCUT2D eigenvalue weighted by atomic mass is 32.2. The number of nitrogens with one attached hydrogen (secondary N) is 1. The van der Waals surface area contributed by atoms with Gasteiger partial charge in [-0.3, -0.25) is 9.88 Å². The number of benzene rings is 1. The first-order chi connectivity index (χ1) is 11.6. The highest BCUT2D eigenvalue weighted by molar-refractivity contribution is 7.99. The van der Waals surface area contributed by atoms with Gasteiger partial charge in [-0.2, -0.15) is 11.8 Å². The van der Waals surface area contributed by atoms with Crippen molar-refractivity contribution in [1.82, 2.24) is 5.32 Å². The summed E-state index contributed by atoms with van der Waals surface area (Å²) in [4.78, 5) is 0. The van der Waals surface area contributed by atoms with Gasteiger partial charge in [0.25, 0.3) is 0 Å². The third kappa shape index (κ3) is 4.43. The summed E-state index contributed by atoms with van der Waals surface area (Å²) >= 11 is 1.85. The Morgan fingerprint density at radius 3 is 2.29 bits per heavy atom. The summed E-state index contributed by atoms with van der Waals surface area (Å²) in [5, 5.41) is 12.6. The number of hydrogen-bond donors (Lipinski definition) is 2. The van der Waals surface area contributed by atoms with Crippen LogP contribution >= 0.6 is 19.4 Å². The molecule has 1 atom stereocenters. The molecule has 0 bridgehead atoms. The van der Waals surface area contributed by atoms with E-state index in [9.17, 15) is 9.67 Å². The fraction of sp³-hybridized carbons (Fsp3) is 0.647. The fourth-order valence-electron chi connectivity index (χ4n) is 3.07. The molecule has 7 heteroatoms. The molecule has 2 rings (SSSR count). The standard InChI is InChI=1S/C17H28NO4PS/c1-3-21-23(20,22-4-2)17(10-12-24-13-11-17)18-16(14-19)15-8-6-5-7-9-15/h5-9,16,18-19H,3-4,10-14H2,1-2H3. The first-order valence-corrected chi connectivity index (χ1v) is 11.2. The highest BCUT2D eigenvalue weighted by Gasteiger charge is 2.52. The first kappa shape index (κ1) is 20.0. The van der Waals surface area contributed by atoms with E-state index in [1.807, 2.05) is 55.9 Å². The van der Waals surface area contributed by atoms with E-state index in [-0.39, 0.29) is 12.6 Å². The number of hydrogen-bond acceptors (Lipinski definition) is 6. The molecule has 0 saturated carbocycles. The average molecular weight is 373 g/mol. The largest absolute Gasteiger partial charge is 0.394 e. The van der Waals surface area contributed by atoms with Gasteiger partial charge in [-0.1, -0.05) is 30.3 Å². The van der Waals surface area contributed by atoms with Crippen LogP contribution < -0.4 is 5.32 Å². The molecule has 1 saturated heterocycles. The van der Waals surface area contributed by atoms with E-state index in [1.54, 1.807) is 0 Å². The van der Waals surface area contributed by atoms with Gasteiger partial charge in [0.05, 0.1) is 25.9 Å². The van der Waals surface area contributed by atoms with Crippen LogP contribution in [0.4, 0.5) is 0 Å². The van der Waals surface area contributed by atoms with Crippen molar-refractivity contribution in [2.75, 3.05) is 31.3 Å². The van der Waals surface area contributed by atoms with E-state index in [0.717, 1.165) is 17.1 Å². The molecule has 136 valence electrons. The summed E-state index contributed by atoms with van der Waals surface area (Å²) in [5.41, 5.74) is 0.970. The minimum Gasteiger partial charge on any atom is -0.394 e. The summed E-state index contributed by atoms with van der Waals surface area (Å²) in [6.45, 7) is 4.26. The van der Waals surface area contributed by atoms with Crippen LogP contribution in [-0.4, -0.2) is 41.7 Å². The van der Waals surface area contributed by atoms with Crippen molar-refractivity contribution in [2.24, 2.45) is 0 Å². The summed E-state index contributed by atoms with van der Waals surface area (Å²) in [7, 11) is -3.35. The van der Waals surface area contributed by atoms with Crippen LogP contribution in [0.2, 0.25) is 0 Å². The maximum absolute atomic E-state index is 13.6. The van der Waals surface area contributed by atoms with Crippen LogP contribution in [0, 0.1) is 0 Å². The fourth-order valence-corrected chi connectivity index (χ4v) is 6.90. The molecule has 0 spiro atoms. The minimum absolute atomic E-state index is 0.0723. The van der Waals surface area contributed by atoms with Gasteiger partial charge in [-0.25, -0.2) is 0 Å². The summed E-state index contributed by atoms with van der Waals surface area (Å²) in [6.07, 6.45) is 1.39. The SMILES string of the molecule is CCOP(=O)(OCC)C1(NC(CO)c2ccccc2)CCSCC1. The second kappa shape index (κ2) is 9.37. The molecule has 2 N–H and O–H groups in total. The van der Waals surface area contributed by atoms with Gasteiger partial charge >= 0.3 is 7.60 Å². The molecule has 5 nitrogen and oxygen atoms in total. The third-order valence-electron chi connectivity index (χ3n) is 4.27. The molecule has 1 aromatic rings. The highest BCUT2D eigenvalue weighted by Crippen LogP contribution is 2.63. The van der Waals surface area contributed by atoms with Gasteiger partial charge < -0.3 is 14.2 Å². The Morgan fingerprint density at radius 1 is 1.21 bits per heavy atom. The van der Waals surface area contributed by atoms with Crippen LogP contribution in [0.1, 0.15) is 38.3 Å². The van der Waals surface area contributed by atoms with Crippen molar-refractivity contribution >= 4 is 19.4 Å². The molecule has 0 amide bonds. The van der Waals surface area contributed by atoms with Crippen LogP contribution in [0.3, 0.4) is 0 Å². The zero-order chi connectivity index (χ0) is 17.5. The molecular formula is C17H28NO4PS. The van der Waals surface area contributed by atoms with Gasteiger partial charge in [-0.15, -0.1) is 0 Å². The maximum Gasteiger partial charge on any atom is 0.350 e. The first-order valence-electron chi connectivity index (χ1n) is 8.51. The molecule has 24 heavy (non-hydrogen) atoms. The van der Waals surface area contributed by atoms with Crippen molar-refractivity contribution in [2.45, 2.75) is 38.0 Å². The predicted molar refractivity (Wildman–Crippen MR) is 99.6 cm³/mol. The maximum atomic E-state index is 13.6. The molecule has 1 aromatic carbocycles. The smallest absolute Gasteiger partial charge is 0.350 e. The van der Waals surface area contributed by atoms with E-state index >= 15 is 0 Å². The predicted octanol–water partition coefficient (Wildman–Crippen LogP) is 3.80. The number of rotatable bonds is 9. The zero-order valence-electron chi connectivity index (χ0n) is 14.4. The molecular weight excluding hydrogens is 345 g/mol. The number of aliphatic hydroxyl groups excluding tert-OH is 1. The zero-order valence-corrected chi connectivity index (χ0v) is 16.2. The lowest BCUT2D eigenvalue weighted by atomic mass is 10.0. The lowest BCUT2D eigenvalue weighted by molar-refractivity contribution is 0.160. The van der Waals surface area contributed by atoms with E-state index in [2.05, 4.69) is 5.32 Å². The van der Waals surface area contributed by atoms with E-state index < -0.39 is 12.9 Å². The number of aliphatic hydroxyl groups is 1. The molecule has 1 unspecified atom stereocenters. The summed E-state index contributed by atoms with van der Waals surface area (Å²) < 4.78 is 24.9. The van der Waals surface area contributed by atoms with Gasteiger partial charge in [0.15, 0.2) is 0 Å². The van der Waals surface area contributed by atoms with Gasteiger partial charge in [0, 0.05) is 0 Å². The Labute approximate surface area is 149 Å². The minimum atomic E-state index is -3.35. The molecule has 1 fully saturated rings. The normalized spacial score (nSPS) is 19.1. The van der Waals surface area contributed by atoms with E-state index in [1.165, 1.54) is 0 Å². The van der Waals surface area contributed by atoms with Gasteiger partial charge in [0.2, 0.25) is 0 Å². The lowest BCUT2D eigenvalue weighted by Crippen LogP contribution is -2.50. The molecule has 1 aliphatic rings. The van der Waals surface area contributed by atoms with E-state index in [0.29, 0.717) is 26.1 Å². The van der Waals surface area contributed by atoms with Crippen molar-refractivity contribution in [3.63, 3.8) is 0 Å². The van der Waals surface area contributed by atoms with Crippen molar-refractivity contribution in [3.05, 3.63) is 35.9 Å². The Balaban J connectivity index is 2.34. The molecule has 0 aliphatic carbocycles. The summed E-state index contributed by atoms with van der Waals surface area (Å²) in [6, 6.07) is 9.44. The Kier molecular flexibility index (Phi) is 7.79. The third-order valence-corrected chi connectivity index (χ3v) is 8.08. The van der Waals surface area contributed by atoms with E-state index in [4.69, 9.17) is 9.05 Å². The average Bonchev–Trinajstić information content (AvgIpc) is 2.61. The monoisotopic (exact) mass is 373 g/mol. The van der Waals surface area contributed by atoms with Crippen molar-refractivity contribution in [3.8, 4) is 0 Å². The molecule has 1 aliphatic heterocycles. The molecule has 0 aromatic heterocycles. The summed E-state index contributed by atoms with van der Waals surface area (Å²) in [5.74, 6) is 1.79. The van der Waals surface area contributed by atoms with Crippen LogP contribution in [-0.2, 0) is 13.6 Å².